The van der Waals surface area contributed by atoms with Crippen LogP contribution < -0.4 is 4.74 Å². The first kappa shape index (κ1) is 12.1. The molecular formula is C15H12F2O2. The third-order valence-electron chi connectivity index (χ3n) is 3.29. The number of hydrogen-bond acceptors (Lipinski definition) is 2. The Hall–Kier alpha value is -1.94. The van der Waals surface area contributed by atoms with E-state index in [0.717, 1.165) is 29.9 Å². The molecule has 0 amide bonds. The zero-order valence-corrected chi connectivity index (χ0v) is 10.1. The molecule has 1 unspecified atom stereocenters. The van der Waals surface area contributed by atoms with Crippen LogP contribution in [0.15, 0.2) is 36.4 Å². The Labute approximate surface area is 109 Å². The van der Waals surface area contributed by atoms with Gasteiger partial charge >= 0.3 is 0 Å². The van der Waals surface area contributed by atoms with Crippen molar-refractivity contribution in [2.75, 3.05) is 6.61 Å². The minimum Gasteiger partial charge on any atom is -0.493 e. The molecule has 0 bridgehead atoms. The minimum atomic E-state index is -0.971. The summed E-state index contributed by atoms with van der Waals surface area (Å²) in [5.41, 5.74) is 2.01. The highest BCUT2D eigenvalue weighted by Gasteiger charge is 2.17. The first-order valence-electron chi connectivity index (χ1n) is 6.04. The number of benzene rings is 2. The van der Waals surface area contributed by atoms with Crippen molar-refractivity contribution in [1.82, 2.24) is 0 Å². The minimum absolute atomic E-state index is 0.331. The maximum atomic E-state index is 13.2. The molecule has 98 valence electrons. The van der Waals surface area contributed by atoms with Crippen LogP contribution in [-0.4, -0.2) is 11.7 Å². The van der Waals surface area contributed by atoms with Crippen molar-refractivity contribution >= 4 is 0 Å². The third kappa shape index (κ3) is 2.19. The van der Waals surface area contributed by atoms with E-state index >= 15 is 0 Å². The summed E-state index contributed by atoms with van der Waals surface area (Å²) in [5, 5.41) is 10.2. The zero-order valence-electron chi connectivity index (χ0n) is 10.1. The molecule has 0 radical (unpaired) electrons. The lowest BCUT2D eigenvalue weighted by molar-refractivity contribution is 0.219. The lowest BCUT2D eigenvalue weighted by atomic mass is 9.99. The molecular weight excluding hydrogens is 250 g/mol. The standard InChI is InChI=1S/C15H12F2O2/c16-12-3-1-11(8-13(12)17)15(18)10-2-4-14-9(7-10)5-6-19-14/h1-4,7-8,15,18H,5-6H2. The van der Waals surface area contributed by atoms with Gasteiger partial charge in [0.15, 0.2) is 11.6 Å². The number of aliphatic hydroxyl groups excluding tert-OH is 1. The number of halogens is 2. The average Bonchev–Trinajstić information content (AvgIpc) is 2.88. The third-order valence-corrected chi connectivity index (χ3v) is 3.29. The summed E-state index contributed by atoms with van der Waals surface area (Å²) in [6, 6.07) is 8.78. The van der Waals surface area contributed by atoms with E-state index in [9.17, 15) is 13.9 Å². The zero-order chi connectivity index (χ0) is 13.4. The Kier molecular flexibility index (Phi) is 2.95. The van der Waals surface area contributed by atoms with E-state index in [-0.39, 0.29) is 0 Å². The summed E-state index contributed by atoms with van der Waals surface area (Å²) in [5.74, 6) is -1.06. The number of rotatable bonds is 2. The normalized spacial score (nSPS) is 14.9. The first-order chi connectivity index (χ1) is 9.15. The van der Waals surface area contributed by atoms with Crippen molar-refractivity contribution < 1.29 is 18.6 Å². The van der Waals surface area contributed by atoms with Crippen molar-refractivity contribution in [3.63, 3.8) is 0 Å². The Morgan fingerprint density at radius 1 is 1.00 bits per heavy atom. The highest BCUT2D eigenvalue weighted by atomic mass is 19.2. The molecule has 0 fully saturated rings. The molecule has 4 heteroatoms. The van der Waals surface area contributed by atoms with Gasteiger partial charge in [-0.25, -0.2) is 8.78 Å². The molecule has 1 aliphatic heterocycles. The largest absolute Gasteiger partial charge is 0.493 e. The molecule has 2 aromatic rings. The number of hydrogen-bond donors (Lipinski definition) is 1. The fourth-order valence-corrected chi connectivity index (χ4v) is 2.25. The molecule has 3 rings (SSSR count). The summed E-state index contributed by atoms with van der Waals surface area (Å²) in [7, 11) is 0. The Balaban J connectivity index is 1.94. The van der Waals surface area contributed by atoms with Gasteiger partial charge in [0.2, 0.25) is 0 Å². The van der Waals surface area contributed by atoms with Gasteiger partial charge in [0.05, 0.1) is 6.61 Å². The van der Waals surface area contributed by atoms with Gasteiger partial charge < -0.3 is 9.84 Å². The quantitative estimate of drug-likeness (QED) is 0.901. The lowest BCUT2D eigenvalue weighted by Crippen LogP contribution is -2.01. The van der Waals surface area contributed by atoms with E-state index in [2.05, 4.69) is 0 Å². The average molecular weight is 262 g/mol. The molecule has 0 saturated carbocycles. The fourth-order valence-electron chi connectivity index (χ4n) is 2.25. The summed E-state index contributed by atoms with van der Waals surface area (Å²) >= 11 is 0. The SMILES string of the molecule is OC(c1ccc(F)c(F)c1)c1ccc2c(c1)CCO2. The predicted molar refractivity (Wildman–Crippen MR) is 66.1 cm³/mol. The topological polar surface area (TPSA) is 29.5 Å². The van der Waals surface area contributed by atoms with Gasteiger partial charge in [-0.1, -0.05) is 12.1 Å². The van der Waals surface area contributed by atoms with E-state index in [1.54, 1.807) is 12.1 Å². The van der Waals surface area contributed by atoms with Gasteiger partial charge in [0.25, 0.3) is 0 Å². The van der Waals surface area contributed by atoms with Gasteiger partial charge in [0, 0.05) is 6.42 Å². The van der Waals surface area contributed by atoms with Crippen LogP contribution in [0.25, 0.3) is 0 Å². The molecule has 19 heavy (non-hydrogen) atoms. The molecule has 0 spiro atoms. The molecule has 2 nitrogen and oxygen atoms in total. The number of ether oxygens (including phenoxy) is 1. The van der Waals surface area contributed by atoms with E-state index in [0.29, 0.717) is 17.7 Å². The maximum absolute atomic E-state index is 13.2. The molecule has 1 heterocycles. The molecule has 0 saturated heterocycles. The second-order valence-electron chi connectivity index (χ2n) is 4.54. The van der Waals surface area contributed by atoms with E-state index in [1.807, 2.05) is 6.07 Å². The number of fused-ring (bicyclic) bond motifs is 1. The van der Waals surface area contributed by atoms with Crippen molar-refractivity contribution in [1.29, 1.82) is 0 Å². The highest BCUT2D eigenvalue weighted by Crippen LogP contribution is 2.30. The van der Waals surface area contributed by atoms with Crippen LogP contribution in [0.1, 0.15) is 22.8 Å². The van der Waals surface area contributed by atoms with Crippen LogP contribution in [0.3, 0.4) is 0 Å². The van der Waals surface area contributed by atoms with Crippen LogP contribution in [-0.2, 0) is 6.42 Å². The Bertz CT molecular complexity index is 626. The van der Waals surface area contributed by atoms with Gasteiger partial charge in [-0.05, 0) is 41.0 Å². The Morgan fingerprint density at radius 2 is 1.74 bits per heavy atom. The van der Waals surface area contributed by atoms with Crippen molar-refractivity contribution in [3.8, 4) is 5.75 Å². The molecule has 0 aliphatic carbocycles. The Morgan fingerprint density at radius 3 is 2.53 bits per heavy atom. The number of aliphatic hydroxyl groups is 1. The van der Waals surface area contributed by atoms with Gasteiger partial charge in [-0.2, -0.15) is 0 Å². The van der Waals surface area contributed by atoms with Crippen molar-refractivity contribution in [2.24, 2.45) is 0 Å². The van der Waals surface area contributed by atoms with Gasteiger partial charge in [-0.3, -0.25) is 0 Å². The maximum Gasteiger partial charge on any atom is 0.159 e. The van der Waals surface area contributed by atoms with Crippen LogP contribution in [0, 0.1) is 11.6 Å². The van der Waals surface area contributed by atoms with Gasteiger partial charge in [0.1, 0.15) is 11.9 Å². The van der Waals surface area contributed by atoms with E-state index in [1.165, 1.54) is 6.07 Å². The van der Waals surface area contributed by atoms with Crippen molar-refractivity contribution in [3.05, 3.63) is 64.7 Å². The first-order valence-corrected chi connectivity index (χ1v) is 6.04. The van der Waals surface area contributed by atoms with Crippen molar-refractivity contribution in [2.45, 2.75) is 12.5 Å². The summed E-state index contributed by atoms with van der Waals surface area (Å²) in [6.45, 7) is 0.639. The molecule has 2 aromatic carbocycles. The monoisotopic (exact) mass is 262 g/mol. The van der Waals surface area contributed by atoms with E-state index < -0.39 is 17.7 Å². The molecule has 1 N–H and O–H groups in total. The molecule has 1 atom stereocenters. The molecule has 0 aromatic heterocycles. The van der Waals surface area contributed by atoms with Gasteiger partial charge in [-0.15, -0.1) is 0 Å². The second-order valence-corrected chi connectivity index (χ2v) is 4.54. The summed E-state index contributed by atoms with van der Waals surface area (Å²) in [4.78, 5) is 0. The van der Waals surface area contributed by atoms with Crippen LogP contribution in [0.2, 0.25) is 0 Å². The highest BCUT2D eigenvalue weighted by molar-refractivity contribution is 5.42. The van der Waals surface area contributed by atoms with Crippen LogP contribution in [0.5, 0.6) is 5.75 Å². The second kappa shape index (κ2) is 4.63. The predicted octanol–water partition coefficient (Wildman–Crippen LogP) is 2.98. The summed E-state index contributed by atoms with van der Waals surface area (Å²) in [6.07, 6.45) is -0.172. The fraction of sp³-hybridized carbons (Fsp3) is 0.200. The lowest BCUT2D eigenvalue weighted by Gasteiger charge is -2.13. The summed E-state index contributed by atoms with van der Waals surface area (Å²) < 4.78 is 31.4. The van der Waals surface area contributed by atoms with Crippen LogP contribution in [0.4, 0.5) is 8.78 Å². The van der Waals surface area contributed by atoms with E-state index in [4.69, 9.17) is 4.74 Å². The van der Waals surface area contributed by atoms with Crippen LogP contribution >= 0.6 is 0 Å². The molecule has 1 aliphatic rings. The smallest absolute Gasteiger partial charge is 0.159 e.